The highest BCUT2D eigenvalue weighted by Gasteiger charge is 2.09. The average molecular weight is 323 g/mol. The van der Waals surface area contributed by atoms with Crippen LogP contribution < -0.4 is 15.4 Å². The smallest absolute Gasteiger partial charge is 0.253 e. The molecule has 0 saturated carbocycles. The molecule has 2 N–H and O–H groups in total. The molecule has 1 amide bonds. The van der Waals surface area contributed by atoms with Crippen LogP contribution >= 0.6 is 0 Å². The molecule has 24 heavy (non-hydrogen) atoms. The number of hydrogen-bond acceptors (Lipinski definition) is 5. The number of benzene rings is 1. The van der Waals surface area contributed by atoms with Crippen molar-refractivity contribution in [1.82, 2.24) is 10.3 Å². The van der Waals surface area contributed by atoms with Gasteiger partial charge in [-0.3, -0.25) is 9.78 Å². The standard InChI is InChI=1S/C18H17N3O3/c1-23-17-7-3-2-6-16(17)21-14-9-13(10-19-11-14)18(22)20-12-15-5-4-8-24-15/h2-11,21H,12H2,1H3,(H,20,22). The fourth-order valence-electron chi connectivity index (χ4n) is 2.22. The quantitative estimate of drug-likeness (QED) is 0.727. The van der Waals surface area contributed by atoms with Crippen molar-refractivity contribution in [3.63, 3.8) is 0 Å². The summed E-state index contributed by atoms with van der Waals surface area (Å²) >= 11 is 0. The van der Waals surface area contributed by atoms with Gasteiger partial charge in [-0.15, -0.1) is 0 Å². The van der Waals surface area contributed by atoms with E-state index in [0.29, 0.717) is 29.3 Å². The van der Waals surface area contributed by atoms with Gasteiger partial charge in [-0.05, 0) is 30.3 Å². The molecule has 0 atom stereocenters. The number of methoxy groups -OCH3 is 1. The van der Waals surface area contributed by atoms with E-state index < -0.39 is 0 Å². The van der Waals surface area contributed by atoms with Gasteiger partial charge >= 0.3 is 0 Å². The van der Waals surface area contributed by atoms with Gasteiger partial charge in [-0.2, -0.15) is 0 Å². The number of nitrogens with zero attached hydrogens (tertiary/aromatic N) is 1. The van der Waals surface area contributed by atoms with E-state index >= 15 is 0 Å². The lowest BCUT2D eigenvalue weighted by molar-refractivity contribution is 0.0947. The minimum absolute atomic E-state index is 0.220. The summed E-state index contributed by atoms with van der Waals surface area (Å²) in [4.78, 5) is 16.3. The zero-order chi connectivity index (χ0) is 16.8. The Hall–Kier alpha value is -3.28. The second-order valence-electron chi connectivity index (χ2n) is 5.05. The summed E-state index contributed by atoms with van der Waals surface area (Å²) in [7, 11) is 1.61. The van der Waals surface area contributed by atoms with Crippen LogP contribution in [0.1, 0.15) is 16.1 Å². The normalized spacial score (nSPS) is 10.2. The molecular weight excluding hydrogens is 306 g/mol. The number of ether oxygens (including phenoxy) is 1. The summed E-state index contributed by atoms with van der Waals surface area (Å²) in [5, 5.41) is 5.99. The molecule has 1 aromatic carbocycles. The number of furan rings is 1. The fourth-order valence-corrected chi connectivity index (χ4v) is 2.22. The van der Waals surface area contributed by atoms with Crippen molar-refractivity contribution in [2.24, 2.45) is 0 Å². The molecule has 0 radical (unpaired) electrons. The molecule has 0 saturated heterocycles. The molecule has 0 aliphatic rings. The van der Waals surface area contributed by atoms with Gasteiger partial charge in [0.2, 0.25) is 0 Å². The zero-order valence-corrected chi connectivity index (χ0v) is 13.2. The van der Waals surface area contributed by atoms with Crippen molar-refractivity contribution >= 4 is 17.3 Å². The molecule has 0 bridgehead atoms. The molecule has 6 heteroatoms. The maximum Gasteiger partial charge on any atom is 0.253 e. The molecule has 122 valence electrons. The Balaban J connectivity index is 1.70. The van der Waals surface area contributed by atoms with Crippen LogP contribution in [0.25, 0.3) is 0 Å². The lowest BCUT2D eigenvalue weighted by Gasteiger charge is -2.11. The number of para-hydroxylation sites is 2. The van der Waals surface area contributed by atoms with Crippen LogP contribution in [0.2, 0.25) is 0 Å². The molecule has 2 heterocycles. The SMILES string of the molecule is COc1ccccc1Nc1cncc(C(=O)NCc2ccco2)c1. The first kappa shape index (κ1) is 15.6. The second kappa shape index (κ2) is 7.32. The summed E-state index contributed by atoms with van der Waals surface area (Å²) < 4.78 is 10.5. The summed E-state index contributed by atoms with van der Waals surface area (Å²) in [5.41, 5.74) is 1.96. The number of hydrogen-bond donors (Lipinski definition) is 2. The van der Waals surface area contributed by atoms with Crippen molar-refractivity contribution in [2.45, 2.75) is 6.54 Å². The van der Waals surface area contributed by atoms with Crippen molar-refractivity contribution < 1.29 is 13.9 Å². The summed E-state index contributed by atoms with van der Waals surface area (Å²) in [6.45, 7) is 0.329. The third-order valence-electron chi connectivity index (χ3n) is 3.39. The van der Waals surface area contributed by atoms with Crippen LogP contribution in [0.3, 0.4) is 0 Å². The highest BCUT2D eigenvalue weighted by molar-refractivity contribution is 5.94. The highest BCUT2D eigenvalue weighted by Crippen LogP contribution is 2.26. The van der Waals surface area contributed by atoms with Crippen LogP contribution in [-0.4, -0.2) is 18.0 Å². The summed E-state index contributed by atoms with van der Waals surface area (Å²) in [6, 6.07) is 12.9. The molecule has 3 rings (SSSR count). The van der Waals surface area contributed by atoms with Crippen molar-refractivity contribution in [3.8, 4) is 5.75 Å². The minimum Gasteiger partial charge on any atom is -0.495 e. The van der Waals surface area contributed by atoms with Crippen molar-refractivity contribution in [1.29, 1.82) is 0 Å². The topological polar surface area (TPSA) is 76.4 Å². The van der Waals surface area contributed by atoms with Gasteiger partial charge in [-0.25, -0.2) is 0 Å². The molecule has 0 spiro atoms. The Morgan fingerprint density at radius 1 is 1.21 bits per heavy atom. The molecule has 2 aromatic heterocycles. The number of anilines is 2. The van der Waals surface area contributed by atoms with Crippen LogP contribution in [0.15, 0.2) is 65.5 Å². The number of rotatable bonds is 6. The predicted octanol–water partition coefficient (Wildman–Crippen LogP) is 3.36. The summed E-state index contributed by atoms with van der Waals surface area (Å²) in [5.74, 6) is 1.19. The van der Waals surface area contributed by atoms with Crippen LogP contribution in [-0.2, 0) is 6.54 Å². The highest BCUT2D eigenvalue weighted by atomic mass is 16.5. The van der Waals surface area contributed by atoms with Crippen LogP contribution in [0, 0.1) is 0 Å². The number of carbonyl (C=O) groups excluding carboxylic acids is 1. The van der Waals surface area contributed by atoms with Gasteiger partial charge in [0.1, 0.15) is 11.5 Å². The first-order valence-corrected chi connectivity index (χ1v) is 7.42. The van der Waals surface area contributed by atoms with Gasteiger partial charge in [-0.1, -0.05) is 12.1 Å². The fraction of sp³-hybridized carbons (Fsp3) is 0.111. The third-order valence-corrected chi connectivity index (χ3v) is 3.39. The number of amides is 1. The number of aromatic nitrogens is 1. The van der Waals surface area contributed by atoms with E-state index in [1.807, 2.05) is 24.3 Å². The first-order valence-electron chi connectivity index (χ1n) is 7.42. The van der Waals surface area contributed by atoms with E-state index in [-0.39, 0.29) is 5.91 Å². The van der Waals surface area contributed by atoms with Crippen molar-refractivity contribution in [3.05, 3.63) is 72.4 Å². The van der Waals surface area contributed by atoms with Gasteiger partial charge in [0, 0.05) is 6.20 Å². The lowest BCUT2D eigenvalue weighted by atomic mass is 10.2. The van der Waals surface area contributed by atoms with Crippen LogP contribution in [0.5, 0.6) is 5.75 Å². The number of nitrogens with one attached hydrogen (secondary N) is 2. The van der Waals surface area contributed by atoms with E-state index in [4.69, 9.17) is 9.15 Å². The second-order valence-corrected chi connectivity index (χ2v) is 5.05. The monoisotopic (exact) mass is 323 g/mol. The molecule has 0 aliphatic heterocycles. The van der Waals surface area contributed by atoms with Crippen molar-refractivity contribution in [2.75, 3.05) is 12.4 Å². The first-order chi connectivity index (χ1) is 11.8. The molecule has 0 aliphatic carbocycles. The molecule has 0 fully saturated rings. The van der Waals surface area contributed by atoms with Gasteiger partial charge in [0.25, 0.3) is 5.91 Å². The van der Waals surface area contributed by atoms with E-state index in [9.17, 15) is 4.79 Å². The van der Waals surface area contributed by atoms with Crippen LogP contribution in [0.4, 0.5) is 11.4 Å². The Morgan fingerprint density at radius 3 is 2.88 bits per heavy atom. The molecule has 3 aromatic rings. The zero-order valence-electron chi connectivity index (χ0n) is 13.2. The Bertz CT molecular complexity index is 816. The minimum atomic E-state index is -0.220. The summed E-state index contributed by atoms with van der Waals surface area (Å²) in [6.07, 6.45) is 4.74. The molecule has 0 unspecified atom stereocenters. The maximum absolute atomic E-state index is 12.2. The Labute approximate surface area is 139 Å². The van der Waals surface area contributed by atoms with Gasteiger partial charge in [0.05, 0.1) is 43.1 Å². The van der Waals surface area contributed by atoms with E-state index in [1.165, 1.54) is 6.20 Å². The Morgan fingerprint density at radius 2 is 2.08 bits per heavy atom. The van der Waals surface area contributed by atoms with Gasteiger partial charge < -0.3 is 19.8 Å². The molecular formula is C18H17N3O3. The number of carbonyl (C=O) groups is 1. The Kier molecular flexibility index (Phi) is 4.76. The average Bonchev–Trinajstić information content (AvgIpc) is 3.14. The van der Waals surface area contributed by atoms with E-state index in [2.05, 4.69) is 15.6 Å². The molecule has 6 nitrogen and oxygen atoms in total. The van der Waals surface area contributed by atoms with Gasteiger partial charge in [0.15, 0.2) is 0 Å². The predicted molar refractivity (Wildman–Crippen MR) is 90.4 cm³/mol. The largest absolute Gasteiger partial charge is 0.495 e. The van der Waals surface area contributed by atoms with E-state index in [0.717, 1.165) is 5.69 Å². The third kappa shape index (κ3) is 3.73. The maximum atomic E-state index is 12.2. The van der Waals surface area contributed by atoms with E-state index in [1.54, 1.807) is 37.8 Å². The number of pyridine rings is 1. The lowest BCUT2D eigenvalue weighted by Crippen LogP contribution is -2.22.